The number of thiazole rings is 1. The van der Waals surface area contributed by atoms with E-state index in [0.717, 1.165) is 21.3 Å². The molecule has 180 valence electrons. The lowest BCUT2D eigenvalue weighted by Gasteiger charge is -2.19. The molecule has 11 nitrogen and oxygen atoms in total. The fourth-order valence-corrected chi connectivity index (χ4v) is 5.70. The minimum Gasteiger partial charge on any atom is -0.439 e. The van der Waals surface area contributed by atoms with E-state index in [0.29, 0.717) is 5.01 Å². The van der Waals surface area contributed by atoms with Gasteiger partial charge in [-0.05, 0) is 38.5 Å². The Hall–Kier alpha value is -3.32. The number of hydrogen-bond acceptors (Lipinski definition) is 10. The minimum atomic E-state index is -3.62. The quantitative estimate of drug-likeness (QED) is 0.401. The van der Waals surface area contributed by atoms with E-state index in [2.05, 4.69) is 25.6 Å². The van der Waals surface area contributed by atoms with Crippen LogP contribution in [0.3, 0.4) is 0 Å². The number of aryl methyl sites for hydroxylation is 1. The maximum Gasteiger partial charge on any atom is 0.408 e. The summed E-state index contributed by atoms with van der Waals surface area (Å²) in [4.78, 5) is 16.2. The highest BCUT2D eigenvalue weighted by molar-refractivity contribution is 7.89. The van der Waals surface area contributed by atoms with Gasteiger partial charge in [0, 0.05) is 24.3 Å². The van der Waals surface area contributed by atoms with Gasteiger partial charge in [-0.25, -0.2) is 18.2 Å². The molecule has 3 aromatic heterocycles. The summed E-state index contributed by atoms with van der Waals surface area (Å²) < 4.78 is 38.4. The second-order valence-electron chi connectivity index (χ2n) is 8.77. The molecule has 1 N–H and O–H groups in total. The van der Waals surface area contributed by atoms with Crippen molar-refractivity contribution in [2.75, 3.05) is 0 Å². The van der Waals surface area contributed by atoms with Gasteiger partial charge in [-0.15, -0.1) is 21.5 Å². The van der Waals surface area contributed by atoms with Crippen LogP contribution in [0.5, 0.6) is 0 Å². The number of sulfone groups is 1. The van der Waals surface area contributed by atoms with E-state index in [1.807, 2.05) is 52.2 Å². The number of alkyl carbamates (subject to hydrolysis) is 1. The number of rotatable bonds is 7. The maximum atomic E-state index is 12.7. The average Bonchev–Trinajstić information content (AvgIpc) is 3.43. The highest BCUT2D eigenvalue weighted by atomic mass is 32.2. The third-order valence-electron chi connectivity index (χ3n) is 4.47. The zero-order valence-corrected chi connectivity index (χ0v) is 20.7. The Bertz CT molecular complexity index is 1430. The molecule has 0 spiro atoms. The van der Waals surface area contributed by atoms with E-state index >= 15 is 0 Å². The maximum absolute atomic E-state index is 12.7. The van der Waals surface area contributed by atoms with Crippen molar-refractivity contribution >= 4 is 37.5 Å². The molecule has 4 aromatic rings. The molecule has 0 fully saturated rings. The van der Waals surface area contributed by atoms with Crippen LogP contribution in [0.4, 0.5) is 4.79 Å². The third-order valence-corrected chi connectivity index (χ3v) is 7.07. The Balaban J connectivity index is 1.39. The second-order valence-corrected chi connectivity index (χ2v) is 11.9. The van der Waals surface area contributed by atoms with E-state index in [4.69, 9.17) is 9.15 Å². The number of carbonyl (C=O) groups excluding carboxylic acids is 1. The van der Waals surface area contributed by atoms with Gasteiger partial charge in [-0.3, -0.25) is 4.68 Å². The van der Waals surface area contributed by atoms with Crippen LogP contribution in [0.1, 0.15) is 37.6 Å². The van der Waals surface area contributed by atoms with Crippen LogP contribution in [0.25, 0.3) is 21.3 Å². The monoisotopic (exact) mass is 504 g/mol. The lowest BCUT2D eigenvalue weighted by molar-refractivity contribution is 0.121. The zero-order valence-electron chi connectivity index (χ0n) is 19.1. The van der Waals surface area contributed by atoms with Gasteiger partial charge in [0.15, 0.2) is 16.4 Å². The Labute approximate surface area is 200 Å². The molecule has 0 saturated carbocycles. The fourth-order valence-electron chi connectivity index (χ4n) is 3.09. The number of aromatic nitrogens is 5. The van der Waals surface area contributed by atoms with E-state index in [1.165, 1.54) is 11.3 Å². The molecule has 0 aliphatic rings. The van der Waals surface area contributed by atoms with Crippen LogP contribution >= 0.6 is 11.3 Å². The smallest absolute Gasteiger partial charge is 0.408 e. The van der Waals surface area contributed by atoms with Crippen molar-refractivity contribution in [3.8, 4) is 11.1 Å². The first kappa shape index (κ1) is 23.8. The molecular formula is C21H24N6O5S2. The molecule has 0 aliphatic carbocycles. The largest absolute Gasteiger partial charge is 0.439 e. The molecule has 34 heavy (non-hydrogen) atoms. The lowest BCUT2D eigenvalue weighted by Crippen LogP contribution is -2.40. The normalized spacial score (nSPS) is 12.2. The molecule has 0 unspecified atom stereocenters. The van der Waals surface area contributed by atoms with Gasteiger partial charge >= 0.3 is 6.09 Å². The number of fused-ring (bicyclic) bond motifs is 1. The van der Waals surface area contributed by atoms with E-state index in [9.17, 15) is 13.2 Å². The van der Waals surface area contributed by atoms with Gasteiger partial charge in [0.25, 0.3) is 5.89 Å². The summed E-state index contributed by atoms with van der Waals surface area (Å²) in [7, 11) is -1.77. The molecule has 0 aliphatic heterocycles. The minimum absolute atomic E-state index is 0.0113. The number of benzene rings is 1. The average molecular weight is 505 g/mol. The molecule has 4 rings (SSSR count). The van der Waals surface area contributed by atoms with Crippen LogP contribution in [0.2, 0.25) is 0 Å². The third kappa shape index (κ3) is 6.17. The van der Waals surface area contributed by atoms with Gasteiger partial charge in [0.2, 0.25) is 5.89 Å². The number of nitrogens with zero attached hydrogens (tertiary/aromatic N) is 5. The number of ether oxygens (including phenoxy) is 1. The summed E-state index contributed by atoms with van der Waals surface area (Å²) in [5.41, 5.74) is 2.23. The second kappa shape index (κ2) is 9.14. The van der Waals surface area contributed by atoms with Crippen molar-refractivity contribution in [3.05, 3.63) is 47.4 Å². The lowest BCUT2D eigenvalue weighted by atomic mass is 10.1. The van der Waals surface area contributed by atoms with Gasteiger partial charge in [0.1, 0.15) is 16.5 Å². The molecule has 0 bridgehead atoms. The summed E-state index contributed by atoms with van der Waals surface area (Å²) in [5, 5.41) is 14.8. The van der Waals surface area contributed by atoms with Crippen LogP contribution < -0.4 is 5.32 Å². The molecule has 13 heteroatoms. The molecule has 1 amide bonds. The molecule has 0 saturated heterocycles. The van der Waals surface area contributed by atoms with Crippen molar-refractivity contribution in [1.29, 1.82) is 0 Å². The van der Waals surface area contributed by atoms with E-state index < -0.39 is 27.2 Å². The first-order valence-corrected chi connectivity index (χ1v) is 12.9. The SMILES string of the molecule is Cn1cc(-c2ccc3nc(CS(=O)(=O)Cc4nnc(COC(=O)NC(C)(C)C)o4)sc3c2)cn1. The van der Waals surface area contributed by atoms with Crippen LogP contribution in [0.15, 0.2) is 35.0 Å². The fraction of sp³-hybridized carbons (Fsp3) is 0.381. The Kier molecular flexibility index (Phi) is 6.41. The molecule has 3 heterocycles. The zero-order chi connectivity index (χ0) is 24.5. The Morgan fingerprint density at radius 1 is 1.18 bits per heavy atom. The summed E-state index contributed by atoms with van der Waals surface area (Å²) in [6.45, 7) is 5.19. The van der Waals surface area contributed by atoms with E-state index in [1.54, 1.807) is 10.9 Å². The number of nitrogens with one attached hydrogen (secondary N) is 1. The van der Waals surface area contributed by atoms with Gasteiger partial charge in [-0.1, -0.05) is 6.07 Å². The molecular weight excluding hydrogens is 480 g/mol. The topological polar surface area (TPSA) is 142 Å². The summed E-state index contributed by atoms with van der Waals surface area (Å²) in [6, 6.07) is 5.77. The van der Waals surface area contributed by atoms with Crippen molar-refractivity contribution in [3.63, 3.8) is 0 Å². The first-order chi connectivity index (χ1) is 16.0. The summed E-state index contributed by atoms with van der Waals surface area (Å²) >= 11 is 1.32. The van der Waals surface area contributed by atoms with Gasteiger partial charge in [-0.2, -0.15) is 5.10 Å². The van der Waals surface area contributed by atoms with Crippen molar-refractivity contribution in [1.82, 2.24) is 30.3 Å². The number of amides is 1. The first-order valence-electron chi connectivity index (χ1n) is 10.3. The Morgan fingerprint density at radius 2 is 1.94 bits per heavy atom. The highest BCUT2D eigenvalue weighted by Gasteiger charge is 2.21. The molecule has 1 aromatic carbocycles. The summed E-state index contributed by atoms with van der Waals surface area (Å²) in [5.74, 6) is -0.756. The number of carbonyl (C=O) groups is 1. The standard InChI is InChI=1S/C21H24N6O5S2/c1-21(2,3)24-20(28)31-10-17-25-26-18(32-17)11-34(29,30)12-19-23-15-6-5-13(7-16(15)33-19)14-8-22-27(4)9-14/h5-9H,10-12H2,1-4H3,(H,24,28). The van der Waals surface area contributed by atoms with Crippen LogP contribution in [-0.2, 0) is 39.7 Å². The van der Waals surface area contributed by atoms with Crippen LogP contribution in [-0.4, -0.2) is 45.0 Å². The highest BCUT2D eigenvalue weighted by Crippen LogP contribution is 2.29. The predicted molar refractivity (Wildman–Crippen MR) is 126 cm³/mol. The van der Waals surface area contributed by atoms with Crippen LogP contribution in [0, 0.1) is 0 Å². The van der Waals surface area contributed by atoms with Crippen molar-refractivity contribution < 1.29 is 22.4 Å². The number of hydrogen-bond donors (Lipinski definition) is 1. The van der Waals surface area contributed by atoms with Crippen molar-refractivity contribution in [2.24, 2.45) is 7.05 Å². The van der Waals surface area contributed by atoms with E-state index in [-0.39, 0.29) is 24.1 Å². The Morgan fingerprint density at radius 3 is 2.65 bits per heavy atom. The van der Waals surface area contributed by atoms with Crippen molar-refractivity contribution in [2.45, 2.75) is 44.4 Å². The molecule has 0 radical (unpaired) electrons. The predicted octanol–water partition coefficient (Wildman–Crippen LogP) is 3.22. The summed E-state index contributed by atoms with van der Waals surface area (Å²) in [6.07, 6.45) is 3.05. The van der Waals surface area contributed by atoms with Gasteiger partial charge in [0.05, 0.1) is 16.4 Å². The molecule has 0 atom stereocenters. The van der Waals surface area contributed by atoms with Gasteiger partial charge < -0.3 is 14.5 Å².